The Bertz CT molecular complexity index is 916. The highest BCUT2D eigenvalue weighted by molar-refractivity contribution is 5.84. The molecule has 3 aromatic rings. The first-order valence-corrected chi connectivity index (χ1v) is 9.37. The molecule has 5 rings (SSSR count). The molecular formula is C21H23N3O2. The summed E-state index contributed by atoms with van der Waals surface area (Å²) < 4.78 is 6.09. The Morgan fingerprint density at radius 3 is 2.65 bits per heavy atom. The van der Waals surface area contributed by atoms with Crippen molar-refractivity contribution in [3.05, 3.63) is 54.0 Å². The van der Waals surface area contributed by atoms with Crippen LogP contribution in [-0.2, 0) is 0 Å². The number of nitrogens with one attached hydrogen (secondary N) is 1. The Kier molecular flexibility index (Phi) is 3.55. The molecule has 2 saturated heterocycles. The third-order valence-electron chi connectivity index (χ3n) is 6.24. The van der Waals surface area contributed by atoms with Gasteiger partial charge in [-0.15, -0.1) is 0 Å². The predicted octanol–water partition coefficient (Wildman–Crippen LogP) is 4.25. The summed E-state index contributed by atoms with van der Waals surface area (Å²) in [6.07, 6.45) is 7.65. The first-order valence-electron chi connectivity index (χ1n) is 9.37. The molecule has 134 valence electrons. The number of rotatable bonds is 3. The van der Waals surface area contributed by atoms with E-state index in [-0.39, 0.29) is 22.8 Å². The average molecular weight is 349 g/mol. The highest BCUT2D eigenvalue weighted by atomic mass is 16.6. The van der Waals surface area contributed by atoms with Crippen LogP contribution in [0.3, 0.4) is 0 Å². The Morgan fingerprint density at radius 1 is 1.12 bits per heavy atom. The summed E-state index contributed by atoms with van der Waals surface area (Å²) in [4.78, 5) is 7.79. The maximum atomic E-state index is 12.6. The third-order valence-corrected chi connectivity index (χ3v) is 6.24. The molecule has 2 aliphatic heterocycles. The van der Waals surface area contributed by atoms with Gasteiger partial charge in [0, 0.05) is 48.3 Å². The van der Waals surface area contributed by atoms with Gasteiger partial charge in [-0.25, -0.2) is 0 Å². The summed E-state index contributed by atoms with van der Waals surface area (Å²) in [5, 5.41) is 13.8. The summed E-state index contributed by atoms with van der Waals surface area (Å²) in [6.45, 7) is 0. The van der Waals surface area contributed by atoms with Crippen molar-refractivity contribution in [2.24, 2.45) is 0 Å². The fourth-order valence-electron chi connectivity index (χ4n) is 4.68. The van der Waals surface area contributed by atoms with Crippen LogP contribution in [0.5, 0.6) is 5.75 Å². The zero-order chi connectivity index (χ0) is 17.7. The van der Waals surface area contributed by atoms with Gasteiger partial charge in [-0.1, -0.05) is 6.07 Å². The van der Waals surface area contributed by atoms with E-state index in [1.54, 1.807) is 6.20 Å². The average Bonchev–Trinajstić information content (AvgIpc) is 3.12. The second-order valence-corrected chi connectivity index (χ2v) is 7.81. The fraction of sp³-hybridized carbons (Fsp3) is 0.381. The Hall–Kier alpha value is -2.37. The third kappa shape index (κ3) is 2.59. The van der Waals surface area contributed by atoms with Crippen LogP contribution >= 0.6 is 0 Å². The molecule has 2 atom stereocenters. The molecule has 4 heterocycles. The van der Waals surface area contributed by atoms with Crippen LogP contribution in [0.1, 0.15) is 25.7 Å². The van der Waals surface area contributed by atoms with Crippen LogP contribution in [-0.4, -0.2) is 39.8 Å². The van der Waals surface area contributed by atoms with E-state index in [4.69, 9.17) is 4.74 Å². The number of fused-ring (bicyclic) bond motifs is 3. The number of nitrogens with zero attached hydrogens (tertiary/aromatic N) is 2. The number of pyridine rings is 1. The molecule has 0 spiro atoms. The summed E-state index contributed by atoms with van der Waals surface area (Å²) >= 11 is 0. The zero-order valence-corrected chi connectivity index (χ0v) is 14.9. The molecule has 0 aliphatic carbocycles. The molecule has 0 unspecified atom stereocenters. The molecule has 0 amide bonds. The van der Waals surface area contributed by atoms with Gasteiger partial charge in [-0.3, -0.25) is 4.98 Å². The van der Waals surface area contributed by atoms with Crippen LogP contribution in [0.4, 0.5) is 0 Å². The summed E-state index contributed by atoms with van der Waals surface area (Å²) in [5.74, 6) is 0.794. The summed E-state index contributed by atoms with van der Waals surface area (Å²) in [6, 6.07) is 12.7. The van der Waals surface area contributed by atoms with Crippen molar-refractivity contribution < 1.29 is 9.38 Å². The van der Waals surface area contributed by atoms with Crippen molar-refractivity contribution in [1.29, 1.82) is 0 Å². The van der Waals surface area contributed by atoms with E-state index in [0.29, 0.717) is 0 Å². The van der Waals surface area contributed by atoms with Crippen LogP contribution < -0.4 is 4.74 Å². The molecular weight excluding hydrogens is 326 g/mol. The van der Waals surface area contributed by atoms with Gasteiger partial charge in [0.25, 0.3) is 0 Å². The number of hydroxylamine groups is 3. The highest BCUT2D eigenvalue weighted by Crippen LogP contribution is 2.41. The normalized spacial score (nSPS) is 30.6. The molecule has 2 fully saturated rings. The predicted molar refractivity (Wildman–Crippen MR) is 102 cm³/mol. The van der Waals surface area contributed by atoms with Gasteiger partial charge >= 0.3 is 0 Å². The maximum absolute atomic E-state index is 12.6. The lowest BCUT2D eigenvalue weighted by molar-refractivity contribution is -0.903. The van der Waals surface area contributed by atoms with E-state index in [9.17, 15) is 5.21 Å². The molecule has 26 heavy (non-hydrogen) atoms. The minimum absolute atomic E-state index is 0.0708. The van der Waals surface area contributed by atoms with Crippen molar-refractivity contribution in [3.8, 4) is 17.0 Å². The van der Waals surface area contributed by atoms with Gasteiger partial charge in [-0.05, 0) is 30.3 Å². The number of hydrogen-bond acceptors (Lipinski definition) is 3. The lowest BCUT2D eigenvalue weighted by Crippen LogP contribution is -2.55. The van der Waals surface area contributed by atoms with E-state index >= 15 is 0 Å². The molecule has 2 aromatic heterocycles. The van der Waals surface area contributed by atoms with Gasteiger partial charge in [0.05, 0.1) is 31.0 Å². The van der Waals surface area contributed by atoms with E-state index in [2.05, 4.69) is 34.2 Å². The summed E-state index contributed by atoms with van der Waals surface area (Å²) in [5.41, 5.74) is 3.16. The topological polar surface area (TPSA) is 61.0 Å². The number of aromatic amines is 1. The summed E-state index contributed by atoms with van der Waals surface area (Å²) in [7, 11) is 1.83. The largest absolute Gasteiger partial charge is 0.633 e. The standard InChI is InChI=1S/C21H23N3O2/c1-24(25)16-3-4-17(24)12-19(11-16)26-18-5-7-21(23-13-18)14-2-6-20-15(10-14)8-9-22-20/h2,5-10,13,16-17,19,22H,3-4,11-12H2,1H3/t16-,17-,19?,24?/m0/s1. The van der Waals surface area contributed by atoms with Gasteiger partial charge in [0.2, 0.25) is 0 Å². The molecule has 1 aromatic carbocycles. The number of ether oxygens (including phenoxy) is 1. The van der Waals surface area contributed by atoms with Crippen molar-refractivity contribution in [2.45, 2.75) is 43.9 Å². The number of aromatic nitrogens is 2. The number of H-pyrrole nitrogens is 1. The lowest BCUT2D eigenvalue weighted by atomic mass is 10.00. The Balaban J connectivity index is 1.31. The maximum Gasteiger partial charge on any atom is 0.138 e. The molecule has 5 nitrogen and oxygen atoms in total. The molecule has 2 aliphatic rings. The molecule has 0 radical (unpaired) electrons. The van der Waals surface area contributed by atoms with Crippen molar-refractivity contribution in [3.63, 3.8) is 0 Å². The van der Waals surface area contributed by atoms with Gasteiger partial charge in [0.1, 0.15) is 11.9 Å². The van der Waals surface area contributed by atoms with Crippen molar-refractivity contribution >= 4 is 10.9 Å². The van der Waals surface area contributed by atoms with Gasteiger partial charge in [-0.2, -0.15) is 0 Å². The number of benzene rings is 1. The van der Waals surface area contributed by atoms with E-state index < -0.39 is 0 Å². The van der Waals surface area contributed by atoms with Gasteiger partial charge in [0.15, 0.2) is 0 Å². The van der Waals surface area contributed by atoms with E-state index in [1.165, 1.54) is 5.39 Å². The van der Waals surface area contributed by atoms with Crippen molar-refractivity contribution in [1.82, 2.24) is 9.97 Å². The van der Waals surface area contributed by atoms with Crippen LogP contribution in [0.2, 0.25) is 0 Å². The van der Waals surface area contributed by atoms with Gasteiger partial charge < -0.3 is 19.6 Å². The minimum Gasteiger partial charge on any atom is -0.633 e. The highest BCUT2D eigenvalue weighted by Gasteiger charge is 2.47. The van der Waals surface area contributed by atoms with Crippen LogP contribution in [0.25, 0.3) is 22.2 Å². The lowest BCUT2D eigenvalue weighted by Gasteiger charge is -2.50. The number of hydrogen-bond donors (Lipinski definition) is 1. The van der Waals surface area contributed by atoms with Crippen LogP contribution in [0.15, 0.2) is 48.8 Å². The van der Waals surface area contributed by atoms with Crippen LogP contribution in [0, 0.1) is 5.21 Å². The molecule has 0 saturated carbocycles. The monoisotopic (exact) mass is 349 g/mol. The number of piperidine rings is 1. The Labute approximate surface area is 152 Å². The zero-order valence-electron chi connectivity index (χ0n) is 14.9. The SMILES string of the molecule is C[N+]1([O-])[C@H]2CC[C@H]1CC(Oc1ccc(-c3ccc4[nH]ccc4c3)nc1)C2. The smallest absolute Gasteiger partial charge is 0.138 e. The fourth-order valence-corrected chi connectivity index (χ4v) is 4.68. The molecule has 5 heteroatoms. The number of quaternary nitrogens is 1. The Morgan fingerprint density at radius 2 is 1.92 bits per heavy atom. The second kappa shape index (κ2) is 5.83. The van der Waals surface area contributed by atoms with Crippen molar-refractivity contribution in [2.75, 3.05) is 7.05 Å². The van der Waals surface area contributed by atoms with E-state index in [1.807, 2.05) is 25.4 Å². The molecule has 2 bridgehead atoms. The van der Waals surface area contributed by atoms with E-state index in [0.717, 1.165) is 48.2 Å². The minimum atomic E-state index is -0.0708. The molecule has 1 N–H and O–H groups in total. The quantitative estimate of drug-likeness (QED) is 0.568. The second-order valence-electron chi connectivity index (χ2n) is 7.81. The first kappa shape index (κ1) is 15.9. The first-order chi connectivity index (χ1) is 12.6.